The number of rotatable bonds is 6. The molecular formula is C19H28N4O2. The first-order valence-electron chi connectivity index (χ1n) is 9.10. The minimum Gasteiger partial charge on any atom is -0.465 e. The predicted molar refractivity (Wildman–Crippen MR) is 96.6 cm³/mol. The van der Waals surface area contributed by atoms with Gasteiger partial charge in [-0.3, -0.25) is 14.8 Å². The molecule has 2 N–H and O–H groups in total. The maximum absolute atomic E-state index is 12.7. The molecule has 0 aromatic carbocycles. The number of aromatic amines is 1. The molecule has 2 aromatic rings. The molecule has 6 heteroatoms. The molecule has 1 fully saturated rings. The lowest BCUT2D eigenvalue weighted by molar-refractivity contribution is 0.0937. The number of carbonyl (C=O) groups is 1. The summed E-state index contributed by atoms with van der Waals surface area (Å²) in [6.07, 6.45) is 7.67. The van der Waals surface area contributed by atoms with Crippen molar-refractivity contribution < 1.29 is 9.21 Å². The Morgan fingerprint density at radius 3 is 2.76 bits per heavy atom. The average molecular weight is 344 g/mol. The van der Waals surface area contributed by atoms with Gasteiger partial charge in [0.2, 0.25) is 0 Å². The summed E-state index contributed by atoms with van der Waals surface area (Å²) < 4.78 is 5.74. The molecule has 1 aliphatic carbocycles. The van der Waals surface area contributed by atoms with Gasteiger partial charge in [-0.15, -0.1) is 0 Å². The van der Waals surface area contributed by atoms with Crippen molar-refractivity contribution in [3.63, 3.8) is 0 Å². The second-order valence-corrected chi connectivity index (χ2v) is 7.17. The third kappa shape index (κ3) is 4.12. The van der Waals surface area contributed by atoms with Crippen molar-refractivity contribution in [1.82, 2.24) is 20.4 Å². The highest BCUT2D eigenvalue weighted by atomic mass is 16.3. The van der Waals surface area contributed by atoms with Gasteiger partial charge in [-0.05, 0) is 46.0 Å². The lowest BCUT2D eigenvalue weighted by Crippen LogP contribution is -2.34. The van der Waals surface area contributed by atoms with Crippen LogP contribution in [0.2, 0.25) is 0 Å². The van der Waals surface area contributed by atoms with Crippen LogP contribution in [-0.4, -0.2) is 41.6 Å². The molecule has 0 saturated heterocycles. The smallest absolute Gasteiger partial charge is 0.254 e. The number of nitrogens with one attached hydrogen (secondary N) is 2. The third-order valence-corrected chi connectivity index (χ3v) is 5.10. The lowest BCUT2D eigenvalue weighted by Gasteiger charge is -2.23. The SMILES string of the molecule is Cc1ccc(C(CNC(=O)c2cn[nH]c2C2CCCCC2)N(C)C)o1. The van der Waals surface area contributed by atoms with Crippen molar-refractivity contribution in [2.75, 3.05) is 20.6 Å². The molecule has 2 heterocycles. The van der Waals surface area contributed by atoms with Gasteiger partial charge in [-0.25, -0.2) is 0 Å². The summed E-state index contributed by atoms with van der Waals surface area (Å²) in [6, 6.07) is 3.92. The highest BCUT2D eigenvalue weighted by Gasteiger charge is 2.25. The van der Waals surface area contributed by atoms with Crippen molar-refractivity contribution >= 4 is 5.91 Å². The van der Waals surface area contributed by atoms with Gasteiger partial charge in [-0.1, -0.05) is 19.3 Å². The Morgan fingerprint density at radius 2 is 2.12 bits per heavy atom. The fraction of sp³-hybridized carbons (Fsp3) is 0.579. The van der Waals surface area contributed by atoms with Crippen LogP contribution >= 0.6 is 0 Å². The molecule has 1 saturated carbocycles. The van der Waals surface area contributed by atoms with Crippen LogP contribution in [0.25, 0.3) is 0 Å². The maximum atomic E-state index is 12.7. The van der Waals surface area contributed by atoms with Gasteiger partial charge in [0.05, 0.1) is 23.5 Å². The maximum Gasteiger partial charge on any atom is 0.254 e. The normalized spacial score (nSPS) is 17.0. The van der Waals surface area contributed by atoms with Crippen LogP contribution in [0.5, 0.6) is 0 Å². The second kappa shape index (κ2) is 7.87. The number of likely N-dealkylation sites (N-methyl/N-ethyl adjacent to an activating group) is 1. The van der Waals surface area contributed by atoms with E-state index >= 15 is 0 Å². The Labute approximate surface area is 149 Å². The standard InChI is InChI=1S/C19H28N4O2/c1-13-9-10-17(25-13)16(23(2)3)12-20-19(24)15-11-21-22-18(15)14-7-5-4-6-8-14/h9-11,14,16H,4-8,12H2,1-3H3,(H,20,24)(H,21,22). The number of aryl methyl sites for hydroxylation is 1. The van der Waals surface area contributed by atoms with Crippen LogP contribution < -0.4 is 5.32 Å². The van der Waals surface area contributed by atoms with E-state index in [4.69, 9.17) is 4.42 Å². The van der Waals surface area contributed by atoms with E-state index in [1.54, 1.807) is 6.20 Å². The summed E-state index contributed by atoms with van der Waals surface area (Å²) in [6.45, 7) is 2.42. The van der Waals surface area contributed by atoms with Crippen LogP contribution in [0.4, 0.5) is 0 Å². The van der Waals surface area contributed by atoms with Crippen LogP contribution in [0.3, 0.4) is 0 Å². The topological polar surface area (TPSA) is 74.2 Å². The summed E-state index contributed by atoms with van der Waals surface area (Å²) in [5.74, 6) is 2.10. The molecule has 1 amide bonds. The van der Waals surface area contributed by atoms with Crippen LogP contribution in [0.1, 0.15) is 71.6 Å². The van der Waals surface area contributed by atoms with Gasteiger partial charge in [0, 0.05) is 12.5 Å². The Morgan fingerprint density at radius 1 is 1.36 bits per heavy atom. The largest absolute Gasteiger partial charge is 0.465 e. The second-order valence-electron chi connectivity index (χ2n) is 7.17. The highest BCUT2D eigenvalue weighted by Crippen LogP contribution is 2.33. The average Bonchev–Trinajstić information content (AvgIpc) is 3.24. The summed E-state index contributed by atoms with van der Waals surface area (Å²) in [5.41, 5.74) is 1.67. The third-order valence-electron chi connectivity index (χ3n) is 5.10. The quantitative estimate of drug-likeness (QED) is 0.842. The fourth-order valence-electron chi connectivity index (χ4n) is 3.63. The predicted octanol–water partition coefficient (Wildman–Crippen LogP) is 3.39. The van der Waals surface area contributed by atoms with E-state index in [9.17, 15) is 4.79 Å². The molecule has 2 aromatic heterocycles. The van der Waals surface area contributed by atoms with Crippen molar-refractivity contribution in [3.05, 3.63) is 41.1 Å². The van der Waals surface area contributed by atoms with Crippen LogP contribution in [0, 0.1) is 6.92 Å². The molecule has 3 rings (SSSR count). The van der Waals surface area contributed by atoms with Gasteiger partial charge in [0.25, 0.3) is 5.91 Å². The number of H-pyrrole nitrogens is 1. The van der Waals surface area contributed by atoms with E-state index in [0.717, 1.165) is 30.1 Å². The zero-order valence-electron chi connectivity index (χ0n) is 15.3. The first-order chi connectivity index (χ1) is 12.1. The number of carbonyl (C=O) groups excluding carboxylic acids is 1. The number of nitrogens with zero attached hydrogens (tertiary/aromatic N) is 2. The van der Waals surface area contributed by atoms with E-state index in [-0.39, 0.29) is 11.9 Å². The molecule has 0 radical (unpaired) electrons. The Bertz CT molecular complexity index is 698. The number of furan rings is 1. The molecule has 25 heavy (non-hydrogen) atoms. The van der Waals surface area contributed by atoms with E-state index in [1.165, 1.54) is 19.3 Å². The molecule has 0 aliphatic heterocycles. The van der Waals surface area contributed by atoms with Crippen LogP contribution in [-0.2, 0) is 0 Å². The number of hydrogen-bond donors (Lipinski definition) is 2. The van der Waals surface area contributed by atoms with Crippen molar-refractivity contribution in [3.8, 4) is 0 Å². The molecule has 0 bridgehead atoms. The van der Waals surface area contributed by atoms with Gasteiger partial charge >= 0.3 is 0 Å². The minimum absolute atomic E-state index is 0.00248. The molecule has 136 valence electrons. The Hall–Kier alpha value is -2.08. The van der Waals surface area contributed by atoms with Gasteiger partial charge in [-0.2, -0.15) is 5.10 Å². The monoisotopic (exact) mass is 344 g/mol. The number of amides is 1. The van der Waals surface area contributed by atoms with Crippen LogP contribution in [0.15, 0.2) is 22.7 Å². The fourth-order valence-corrected chi connectivity index (χ4v) is 3.63. The number of aromatic nitrogens is 2. The molecule has 1 atom stereocenters. The van der Waals surface area contributed by atoms with Crippen molar-refractivity contribution in [2.45, 2.75) is 51.0 Å². The van der Waals surface area contributed by atoms with E-state index in [1.807, 2.05) is 33.2 Å². The zero-order valence-corrected chi connectivity index (χ0v) is 15.3. The van der Waals surface area contributed by atoms with Gasteiger partial charge in [0.15, 0.2) is 0 Å². The van der Waals surface area contributed by atoms with Crippen molar-refractivity contribution in [1.29, 1.82) is 0 Å². The summed E-state index contributed by atoms with van der Waals surface area (Å²) in [7, 11) is 3.97. The Balaban J connectivity index is 1.67. The molecule has 1 unspecified atom stereocenters. The minimum atomic E-state index is -0.0653. The lowest BCUT2D eigenvalue weighted by atomic mass is 9.85. The first-order valence-corrected chi connectivity index (χ1v) is 9.10. The van der Waals surface area contributed by atoms with E-state index < -0.39 is 0 Å². The zero-order chi connectivity index (χ0) is 17.8. The summed E-state index contributed by atoms with van der Waals surface area (Å²) >= 11 is 0. The number of hydrogen-bond acceptors (Lipinski definition) is 4. The summed E-state index contributed by atoms with van der Waals surface area (Å²) in [4.78, 5) is 14.8. The first kappa shape index (κ1) is 17.7. The highest BCUT2D eigenvalue weighted by molar-refractivity contribution is 5.95. The molecule has 6 nitrogen and oxygen atoms in total. The summed E-state index contributed by atoms with van der Waals surface area (Å²) in [5, 5.41) is 10.2. The van der Waals surface area contributed by atoms with Gasteiger partial charge < -0.3 is 9.73 Å². The van der Waals surface area contributed by atoms with Gasteiger partial charge in [0.1, 0.15) is 11.5 Å². The van der Waals surface area contributed by atoms with E-state index in [2.05, 4.69) is 20.4 Å². The molecule has 0 spiro atoms. The van der Waals surface area contributed by atoms with E-state index in [0.29, 0.717) is 18.0 Å². The Kier molecular flexibility index (Phi) is 5.58. The molecular weight excluding hydrogens is 316 g/mol. The molecule has 1 aliphatic rings. The van der Waals surface area contributed by atoms with Crippen molar-refractivity contribution in [2.24, 2.45) is 0 Å².